The van der Waals surface area contributed by atoms with Gasteiger partial charge < -0.3 is 0 Å². The SMILES string of the molecule is Fc1ccc(SCc2cc(F)cc(Br)c2)cc1. The molecule has 2 aromatic rings. The van der Waals surface area contributed by atoms with Gasteiger partial charge in [0.15, 0.2) is 0 Å². The summed E-state index contributed by atoms with van der Waals surface area (Å²) in [6, 6.07) is 11.1. The van der Waals surface area contributed by atoms with E-state index in [9.17, 15) is 8.78 Å². The summed E-state index contributed by atoms with van der Waals surface area (Å²) < 4.78 is 26.5. The second-order valence-corrected chi connectivity index (χ2v) is 5.48. The lowest BCUT2D eigenvalue weighted by atomic mass is 10.2. The maximum absolute atomic E-state index is 13.1. The van der Waals surface area contributed by atoms with Crippen LogP contribution < -0.4 is 0 Å². The molecule has 0 bridgehead atoms. The molecule has 0 radical (unpaired) electrons. The largest absolute Gasteiger partial charge is 0.207 e. The van der Waals surface area contributed by atoms with E-state index in [4.69, 9.17) is 0 Å². The Morgan fingerprint density at radius 3 is 2.29 bits per heavy atom. The van der Waals surface area contributed by atoms with Gasteiger partial charge in [0, 0.05) is 15.1 Å². The fourth-order valence-corrected chi connectivity index (χ4v) is 2.73. The normalized spacial score (nSPS) is 10.5. The first-order valence-corrected chi connectivity index (χ1v) is 6.75. The highest BCUT2D eigenvalue weighted by molar-refractivity contribution is 9.10. The van der Waals surface area contributed by atoms with E-state index in [1.54, 1.807) is 23.9 Å². The van der Waals surface area contributed by atoms with Gasteiger partial charge >= 0.3 is 0 Å². The Morgan fingerprint density at radius 1 is 0.941 bits per heavy atom. The molecule has 17 heavy (non-hydrogen) atoms. The first-order chi connectivity index (χ1) is 8.13. The Morgan fingerprint density at radius 2 is 1.65 bits per heavy atom. The molecule has 0 unspecified atom stereocenters. The fourth-order valence-electron chi connectivity index (χ4n) is 1.39. The van der Waals surface area contributed by atoms with Crippen LogP contribution in [0.4, 0.5) is 8.78 Å². The summed E-state index contributed by atoms with van der Waals surface area (Å²) in [5.74, 6) is 0.152. The molecule has 0 aromatic heterocycles. The Kier molecular flexibility index (Phi) is 4.18. The van der Waals surface area contributed by atoms with Gasteiger partial charge in [-0.05, 0) is 48.0 Å². The lowest BCUT2D eigenvalue weighted by molar-refractivity contribution is 0.625. The molecule has 2 rings (SSSR count). The van der Waals surface area contributed by atoms with Crippen LogP contribution in [-0.4, -0.2) is 0 Å². The number of hydrogen-bond acceptors (Lipinski definition) is 1. The molecule has 0 heterocycles. The zero-order valence-electron chi connectivity index (χ0n) is 8.79. The van der Waals surface area contributed by atoms with Crippen LogP contribution in [0.5, 0.6) is 0 Å². The molecule has 0 aliphatic rings. The van der Waals surface area contributed by atoms with Gasteiger partial charge in [-0.3, -0.25) is 0 Å². The molecular formula is C13H9BrF2S. The summed E-state index contributed by atoms with van der Waals surface area (Å²) >= 11 is 4.80. The molecule has 0 N–H and O–H groups in total. The van der Waals surface area contributed by atoms with E-state index in [-0.39, 0.29) is 11.6 Å². The summed E-state index contributed by atoms with van der Waals surface area (Å²) in [6.45, 7) is 0. The van der Waals surface area contributed by atoms with Crippen molar-refractivity contribution in [1.82, 2.24) is 0 Å². The van der Waals surface area contributed by atoms with Crippen LogP contribution in [0.15, 0.2) is 51.8 Å². The first-order valence-electron chi connectivity index (χ1n) is 4.97. The summed E-state index contributed by atoms with van der Waals surface area (Å²) in [5.41, 5.74) is 0.895. The van der Waals surface area contributed by atoms with E-state index in [2.05, 4.69) is 15.9 Å². The molecular weight excluding hydrogens is 306 g/mol. The van der Waals surface area contributed by atoms with Crippen LogP contribution in [0.25, 0.3) is 0 Å². The van der Waals surface area contributed by atoms with E-state index in [1.807, 2.05) is 6.07 Å². The second kappa shape index (κ2) is 5.65. The average molecular weight is 315 g/mol. The van der Waals surface area contributed by atoms with Crippen molar-refractivity contribution in [3.8, 4) is 0 Å². The molecule has 0 aliphatic heterocycles. The molecule has 4 heteroatoms. The van der Waals surface area contributed by atoms with Crippen molar-refractivity contribution in [1.29, 1.82) is 0 Å². The monoisotopic (exact) mass is 314 g/mol. The van der Waals surface area contributed by atoms with Gasteiger partial charge in [-0.25, -0.2) is 8.78 Å². The van der Waals surface area contributed by atoms with Crippen LogP contribution in [0.3, 0.4) is 0 Å². The van der Waals surface area contributed by atoms with Gasteiger partial charge in [-0.1, -0.05) is 15.9 Å². The fraction of sp³-hybridized carbons (Fsp3) is 0.0769. The van der Waals surface area contributed by atoms with Gasteiger partial charge in [0.1, 0.15) is 11.6 Å². The molecule has 0 nitrogen and oxygen atoms in total. The van der Waals surface area contributed by atoms with E-state index in [1.165, 1.54) is 24.3 Å². The Bertz CT molecular complexity index is 491. The lowest BCUT2D eigenvalue weighted by Gasteiger charge is -2.03. The molecule has 0 saturated carbocycles. The van der Waals surface area contributed by atoms with Gasteiger partial charge in [0.25, 0.3) is 0 Å². The summed E-state index contributed by atoms with van der Waals surface area (Å²) in [7, 11) is 0. The molecule has 0 amide bonds. The van der Waals surface area contributed by atoms with Crippen molar-refractivity contribution in [2.24, 2.45) is 0 Å². The number of rotatable bonds is 3. The molecule has 2 aromatic carbocycles. The highest BCUT2D eigenvalue weighted by Crippen LogP contribution is 2.25. The number of benzene rings is 2. The molecule has 0 atom stereocenters. The molecule has 0 saturated heterocycles. The Balaban J connectivity index is 2.04. The van der Waals surface area contributed by atoms with Gasteiger partial charge in [0.05, 0.1) is 0 Å². The van der Waals surface area contributed by atoms with Crippen molar-refractivity contribution in [3.05, 3.63) is 64.1 Å². The number of thioether (sulfide) groups is 1. The highest BCUT2D eigenvalue weighted by atomic mass is 79.9. The van der Waals surface area contributed by atoms with Crippen LogP contribution >= 0.6 is 27.7 Å². The Labute approximate surface area is 111 Å². The van der Waals surface area contributed by atoms with Crippen molar-refractivity contribution >= 4 is 27.7 Å². The number of halogens is 3. The third-order valence-electron chi connectivity index (χ3n) is 2.14. The van der Waals surface area contributed by atoms with Gasteiger partial charge in [0.2, 0.25) is 0 Å². The smallest absolute Gasteiger partial charge is 0.124 e. The number of hydrogen-bond donors (Lipinski definition) is 0. The predicted molar refractivity (Wildman–Crippen MR) is 70.1 cm³/mol. The zero-order chi connectivity index (χ0) is 12.3. The minimum atomic E-state index is -0.255. The van der Waals surface area contributed by atoms with E-state index in [0.29, 0.717) is 5.75 Å². The van der Waals surface area contributed by atoms with E-state index in [0.717, 1.165) is 14.9 Å². The third-order valence-corrected chi connectivity index (χ3v) is 3.68. The zero-order valence-corrected chi connectivity index (χ0v) is 11.2. The average Bonchev–Trinajstić information content (AvgIpc) is 2.27. The minimum Gasteiger partial charge on any atom is -0.207 e. The summed E-state index contributed by atoms with van der Waals surface area (Å²) in [5, 5.41) is 0. The lowest BCUT2D eigenvalue weighted by Crippen LogP contribution is -1.84. The van der Waals surface area contributed by atoms with Crippen LogP contribution in [-0.2, 0) is 5.75 Å². The van der Waals surface area contributed by atoms with E-state index < -0.39 is 0 Å². The van der Waals surface area contributed by atoms with Crippen molar-refractivity contribution in [3.63, 3.8) is 0 Å². The van der Waals surface area contributed by atoms with Crippen molar-refractivity contribution < 1.29 is 8.78 Å². The standard InChI is InChI=1S/C13H9BrF2S/c14-10-5-9(6-12(16)7-10)8-17-13-3-1-11(15)2-4-13/h1-7H,8H2. The van der Waals surface area contributed by atoms with Crippen molar-refractivity contribution in [2.75, 3.05) is 0 Å². The van der Waals surface area contributed by atoms with Crippen molar-refractivity contribution in [2.45, 2.75) is 10.6 Å². The molecule has 0 spiro atoms. The highest BCUT2D eigenvalue weighted by Gasteiger charge is 2.01. The molecule has 0 fully saturated rings. The van der Waals surface area contributed by atoms with Gasteiger partial charge in [-0.15, -0.1) is 11.8 Å². The second-order valence-electron chi connectivity index (χ2n) is 3.52. The minimum absolute atomic E-state index is 0.247. The van der Waals surface area contributed by atoms with E-state index >= 15 is 0 Å². The first kappa shape index (κ1) is 12.6. The predicted octanol–water partition coefficient (Wildman–Crippen LogP) is 5.02. The van der Waals surface area contributed by atoms with Gasteiger partial charge in [-0.2, -0.15) is 0 Å². The molecule has 0 aliphatic carbocycles. The third kappa shape index (κ3) is 3.82. The maximum atomic E-state index is 13.1. The topological polar surface area (TPSA) is 0 Å². The van der Waals surface area contributed by atoms with Crippen LogP contribution in [0, 0.1) is 11.6 Å². The molecule has 88 valence electrons. The summed E-state index contributed by atoms with van der Waals surface area (Å²) in [6.07, 6.45) is 0. The Hall–Kier alpha value is -0.870. The van der Waals surface area contributed by atoms with Crippen LogP contribution in [0.1, 0.15) is 5.56 Å². The quantitative estimate of drug-likeness (QED) is 0.717. The summed E-state index contributed by atoms with van der Waals surface area (Å²) in [4.78, 5) is 0.965. The maximum Gasteiger partial charge on any atom is 0.124 e. The van der Waals surface area contributed by atoms with Crippen LogP contribution in [0.2, 0.25) is 0 Å².